The number of aliphatic hydroxyl groups is 1. The maximum absolute atomic E-state index is 8.51. The lowest BCUT2D eigenvalue weighted by molar-refractivity contribution is -0.0135. The lowest BCUT2D eigenvalue weighted by Gasteiger charge is -2.10. The van der Waals surface area contributed by atoms with Crippen molar-refractivity contribution in [2.75, 3.05) is 72.7 Å². The van der Waals surface area contributed by atoms with Crippen molar-refractivity contribution in [2.24, 2.45) is 5.92 Å². The molecule has 0 heterocycles. The van der Waals surface area contributed by atoms with E-state index >= 15 is 0 Å². The Kier molecular flexibility index (Phi) is 20.6. The van der Waals surface area contributed by atoms with Gasteiger partial charge in [0.1, 0.15) is 0 Å². The highest BCUT2D eigenvalue weighted by atomic mass is 16.6. The van der Waals surface area contributed by atoms with Crippen molar-refractivity contribution in [2.45, 2.75) is 39.5 Å². The predicted octanol–water partition coefficient (Wildman–Crippen LogP) is 2.28. The average molecular weight is 350 g/mol. The van der Waals surface area contributed by atoms with E-state index < -0.39 is 0 Å². The van der Waals surface area contributed by atoms with Crippen molar-refractivity contribution in [3.63, 3.8) is 0 Å². The summed E-state index contributed by atoms with van der Waals surface area (Å²) in [5.41, 5.74) is 0. The minimum Gasteiger partial charge on any atom is -0.394 e. The van der Waals surface area contributed by atoms with Gasteiger partial charge < -0.3 is 28.8 Å². The summed E-state index contributed by atoms with van der Waals surface area (Å²) in [5, 5.41) is 8.51. The fraction of sp³-hybridized carbons (Fsp3) is 1.00. The van der Waals surface area contributed by atoms with Gasteiger partial charge in [0.2, 0.25) is 0 Å². The standard InChI is InChI=1S/C18H38O6/c1-3-5-18(2)6-4-8-20-10-12-22-14-16-24-17-15-23-13-11-21-9-7-19/h18-19H,3-17H2,1-2H3. The van der Waals surface area contributed by atoms with Crippen molar-refractivity contribution in [3.8, 4) is 0 Å². The first-order valence-corrected chi connectivity index (χ1v) is 9.30. The van der Waals surface area contributed by atoms with E-state index in [4.69, 9.17) is 28.8 Å². The van der Waals surface area contributed by atoms with Crippen LogP contribution in [0.3, 0.4) is 0 Å². The zero-order valence-electron chi connectivity index (χ0n) is 15.7. The zero-order chi connectivity index (χ0) is 17.7. The van der Waals surface area contributed by atoms with Crippen LogP contribution in [-0.4, -0.2) is 77.8 Å². The average Bonchev–Trinajstić information content (AvgIpc) is 2.58. The monoisotopic (exact) mass is 350 g/mol. The van der Waals surface area contributed by atoms with Crippen LogP contribution in [0.25, 0.3) is 0 Å². The van der Waals surface area contributed by atoms with Crippen LogP contribution < -0.4 is 0 Å². The lowest BCUT2D eigenvalue weighted by Crippen LogP contribution is -2.13. The van der Waals surface area contributed by atoms with E-state index in [0.717, 1.165) is 18.9 Å². The maximum atomic E-state index is 8.51. The van der Waals surface area contributed by atoms with Gasteiger partial charge in [-0.3, -0.25) is 0 Å². The maximum Gasteiger partial charge on any atom is 0.0701 e. The van der Waals surface area contributed by atoms with Gasteiger partial charge in [0.05, 0.1) is 66.1 Å². The Hall–Kier alpha value is -0.240. The number of ether oxygens (including phenoxy) is 5. The summed E-state index contributed by atoms with van der Waals surface area (Å²) in [6, 6.07) is 0. The van der Waals surface area contributed by atoms with Crippen molar-refractivity contribution < 1.29 is 28.8 Å². The number of rotatable bonds is 20. The Morgan fingerprint density at radius 1 is 0.625 bits per heavy atom. The smallest absolute Gasteiger partial charge is 0.0701 e. The Morgan fingerprint density at radius 2 is 1.04 bits per heavy atom. The third kappa shape index (κ3) is 19.8. The first kappa shape index (κ1) is 23.8. The minimum absolute atomic E-state index is 0.0479. The van der Waals surface area contributed by atoms with Crippen molar-refractivity contribution in [1.82, 2.24) is 0 Å². The molecule has 0 amide bonds. The third-order valence-corrected chi connectivity index (χ3v) is 3.49. The van der Waals surface area contributed by atoms with Gasteiger partial charge >= 0.3 is 0 Å². The molecule has 0 spiro atoms. The van der Waals surface area contributed by atoms with Crippen LogP contribution in [0.5, 0.6) is 0 Å². The molecule has 0 aromatic rings. The molecule has 0 radical (unpaired) electrons. The quantitative estimate of drug-likeness (QED) is 0.340. The second kappa shape index (κ2) is 20.8. The van der Waals surface area contributed by atoms with Crippen LogP contribution in [0.1, 0.15) is 39.5 Å². The van der Waals surface area contributed by atoms with Gasteiger partial charge in [-0.2, -0.15) is 0 Å². The molecule has 0 rings (SSSR count). The van der Waals surface area contributed by atoms with Gasteiger partial charge in [-0.1, -0.05) is 26.7 Å². The molecular weight excluding hydrogens is 312 g/mol. The molecule has 1 N–H and O–H groups in total. The van der Waals surface area contributed by atoms with Crippen LogP contribution in [0, 0.1) is 5.92 Å². The van der Waals surface area contributed by atoms with Crippen molar-refractivity contribution >= 4 is 0 Å². The lowest BCUT2D eigenvalue weighted by atomic mass is 10.0. The van der Waals surface area contributed by atoms with E-state index in [1.54, 1.807) is 0 Å². The molecule has 0 fully saturated rings. The van der Waals surface area contributed by atoms with Gasteiger partial charge in [-0.05, 0) is 18.8 Å². The van der Waals surface area contributed by atoms with Crippen molar-refractivity contribution in [3.05, 3.63) is 0 Å². The van der Waals surface area contributed by atoms with E-state index in [-0.39, 0.29) is 6.61 Å². The molecule has 0 aliphatic carbocycles. The third-order valence-electron chi connectivity index (χ3n) is 3.49. The summed E-state index contributed by atoms with van der Waals surface area (Å²) in [4.78, 5) is 0. The fourth-order valence-corrected chi connectivity index (χ4v) is 2.22. The Balaban J connectivity index is 3.00. The summed E-state index contributed by atoms with van der Waals surface area (Å²) in [7, 11) is 0. The summed E-state index contributed by atoms with van der Waals surface area (Å²) < 4.78 is 26.7. The SMILES string of the molecule is CCCC(C)CCCOCCOCCOCCOCCOCCO. The van der Waals surface area contributed by atoms with E-state index in [1.807, 2.05) is 0 Å². The van der Waals surface area contributed by atoms with Gasteiger partial charge in [-0.25, -0.2) is 0 Å². The van der Waals surface area contributed by atoms with E-state index in [1.165, 1.54) is 19.3 Å². The number of aliphatic hydroxyl groups excluding tert-OH is 1. The molecule has 0 saturated heterocycles. The first-order valence-electron chi connectivity index (χ1n) is 9.30. The molecule has 0 aliphatic rings. The molecule has 0 aromatic heterocycles. The van der Waals surface area contributed by atoms with Crippen molar-refractivity contribution in [1.29, 1.82) is 0 Å². The van der Waals surface area contributed by atoms with Crippen LogP contribution in [-0.2, 0) is 23.7 Å². The normalized spacial score (nSPS) is 12.6. The zero-order valence-corrected chi connectivity index (χ0v) is 15.7. The highest BCUT2D eigenvalue weighted by molar-refractivity contribution is 4.51. The Labute approximate surface area is 147 Å². The molecule has 0 aliphatic heterocycles. The predicted molar refractivity (Wildman–Crippen MR) is 94.5 cm³/mol. The van der Waals surface area contributed by atoms with Gasteiger partial charge in [0, 0.05) is 6.61 Å². The molecule has 1 unspecified atom stereocenters. The number of hydrogen-bond acceptors (Lipinski definition) is 6. The van der Waals surface area contributed by atoms with Gasteiger partial charge in [0.25, 0.3) is 0 Å². The molecule has 0 aromatic carbocycles. The molecule has 24 heavy (non-hydrogen) atoms. The van der Waals surface area contributed by atoms with E-state index in [2.05, 4.69) is 13.8 Å². The van der Waals surface area contributed by atoms with Gasteiger partial charge in [0.15, 0.2) is 0 Å². The number of hydrogen-bond donors (Lipinski definition) is 1. The summed E-state index contributed by atoms with van der Waals surface area (Å²) >= 11 is 0. The summed E-state index contributed by atoms with van der Waals surface area (Å²) in [5.74, 6) is 0.809. The molecule has 1 atom stereocenters. The second-order valence-electron chi connectivity index (χ2n) is 5.82. The van der Waals surface area contributed by atoms with Crippen LogP contribution in [0.15, 0.2) is 0 Å². The largest absolute Gasteiger partial charge is 0.394 e. The Morgan fingerprint density at radius 3 is 1.46 bits per heavy atom. The molecule has 6 nitrogen and oxygen atoms in total. The topological polar surface area (TPSA) is 66.4 Å². The molecule has 6 heteroatoms. The van der Waals surface area contributed by atoms with Crippen LogP contribution >= 0.6 is 0 Å². The Bertz CT molecular complexity index is 228. The first-order chi connectivity index (χ1) is 11.8. The van der Waals surface area contributed by atoms with Gasteiger partial charge in [-0.15, -0.1) is 0 Å². The molecule has 0 saturated carbocycles. The highest BCUT2D eigenvalue weighted by Gasteiger charge is 2.00. The van der Waals surface area contributed by atoms with Crippen LogP contribution in [0.4, 0.5) is 0 Å². The van der Waals surface area contributed by atoms with Crippen LogP contribution in [0.2, 0.25) is 0 Å². The second-order valence-corrected chi connectivity index (χ2v) is 5.82. The highest BCUT2D eigenvalue weighted by Crippen LogP contribution is 2.11. The molecule has 146 valence electrons. The minimum atomic E-state index is 0.0479. The fourth-order valence-electron chi connectivity index (χ4n) is 2.22. The molecular formula is C18H38O6. The summed E-state index contributed by atoms with van der Waals surface area (Å²) in [6.07, 6.45) is 4.96. The molecule has 0 bridgehead atoms. The summed E-state index contributed by atoms with van der Waals surface area (Å²) in [6.45, 7) is 10.3. The van der Waals surface area contributed by atoms with E-state index in [0.29, 0.717) is 59.5 Å². The van der Waals surface area contributed by atoms with E-state index in [9.17, 15) is 0 Å².